The standard InChI is InChI=1S/C12H16N2O3S/c1-7-5-8(2)11-10(6-7)18(16,17)9(3-4-13)12(15)14-11/h5-6,9H,3-4,13H2,1-2H3,(H,14,15). The molecule has 1 aromatic rings. The van der Waals surface area contributed by atoms with Gasteiger partial charge in [0.05, 0.1) is 10.6 Å². The van der Waals surface area contributed by atoms with E-state index in [4.69, 9.17) is 5.73 Å². The fraction of sp³-hybridized carbons (Fsp3) is 0.417. The number of hydrogen-bond donors (Lipinski definition) is 2. The van der Waals surface area contributed by atoms with Gasteiger partial charge < -0.3 is 11.1 Å². The molecule has 1 heterocycles. The number of benzene rings is 1. The van der Waals surface area contributed by atoms with E-state index in [0.717, 1.165) is 11.1 Å². The normalized spacial score (nSPS) is 21.3. The summed E-state index contributed by atoms with van der Waals surface area (Å²) in [5, 5.41) is 1.60. The average molecular weight is 268 g/mol. The average Bonchev–Trinajstić information content (AvgIpc) is 2.26. The molecule has 0 saturated heterocycles. The number of carbonyl (C=O) groups is 1. The highest BCUT2D eigenvalue weighted by Crippen LogP contribution is 2.34. The van der Waals surface area contributed by atoms with Gasteiger partial charge in [-0.3, -0.25) is 4.79 Å². The van der Waals surface area contributed by atoms with Gasteiger partial charge in [-0.2, -0.15) is 0 Å². The number of nitrogens with one attached hydrogen (secondary N) is 1. The molecular formula is C12H16N2O3S. The molecule has 1 atom stereocenters. The van der Waals surface area contributed by atoms with Gasteiger partial charge >= 0.3 is 0 Å². The first-order valence-corrected chi connectivity index (χ1v) is 7.28. The van der Waals surface area contributed by atoms with Crippen LogP contribution < -0.4 is 11.1 Å². The highest BCUT2D eigenvalue weighted by atomic mass is 32.2. The lowest BCUT2D eigenvalue weighted by Gasteiger charge is -2.26. The molecule has 1 unspecified atom stereocenters. The van der Waals surface area contributed by atoms with Crippen LogP contribution in [-0.2, 0) is 14.6 Å². The molecule has 1 aliphatic rings. The fourth-order valence-corrected chi connectivity index (χ4v) is 4.19. The first-order chi connectivity index (χ1) is 8.37. The minimum atomic E-state index is -3.63. The summed E-state index contributed by atoms with van der Waals surface area (Å²) < 4.78 is 24.8. The first kappa shape index (κ1) is 13.0. The second-order valence-electron chi connectivity index (χ2n) is 4.56. The van der Waals surface area contributed by atoms with Gasteiger partial charge in [0.2, 0.25) is 5.91 Å². The number of carbonyl (C=O) groups excluding carboxylic acids is 1. The van der Waals surface area contributed by atoms with Crippen molar-refractivity contribution < 1.29 is 13.2 Å². The molecule has 0 saturated carbocycles. The molecule has 5 nitrogen and oxygen atoms in total. The quantitative estimate of drug-likeness (QED) is 0.828. The lowest BCUT2D eigenvalue weighted by atomic mass is 10.1. The van der Waals surface area contributed by atoms with Gasteiger partial charge in [0, 0.05) is 0 Å². The number of hydrogen-bond acceptors (Lipinski definition) is 4. The van der Waals surface area contributed by atoms with Crippen molar-refractivity contribution in [2.24, 2.45) is 5.73 Å². The number of fused-ring (bicyclic) bond motifs is 1. The molecule has 0 spiro atoms. The Morgan fingerprint density at radius 2 is 2.00 bits per heavy atom. The highest BCUT2D eigenvalue weighted by Gasteiger charge is 2.40. The van der Waals surface area contributed by atoms with Crippen molar-refractivity contribution in [1.29, 1.82) is 0 Å². The van der Waals surface area contributed by atoms with Gasteiger partial charge in [0.15, 0.2) is 9.84 Å². The van der Waals surface area contributed by atoms with Crippen LogP contribution >= 0.6 is 0 Å². The van der Waals surface area contributed by atoms with Crippen molar-refractivity contribution in [2.45, 2.75) is 30.4 Å². The van der Waals surface area contributed by atoms with Crippen LogP contribution in [0.5, 0.6) is 0 Å². The van der Waals surface area contributed by atoms with E-state index in [-0.39, 0.29) is 17.9 Å². The Morgan fingerprint density at radius 1 is 1.33 bits per heavy atom. The van der Waals surface area contributed by atoms with Gasteiger partial charge in [0.1, 0.15) is 5.25 Å². The van der Waals surface area contributed by atoms with Crippen molar-refractivity contribution in [3.05, 3.63) is 23.3 Å². The zero-order chi connectivity index (χ0) is 13.5. The van der Waals surface area contributed by atoms with Gasteiger partial charge in [-0.05, 0) is 44.0 Å². The predicted octanol–water partition coefficient (Wildman–Crippen LogP) is 0.747. The molecule has 0 fully saturated rings. The van der Waals surface area contributed by atoms with Gasteiger partial charge in [-0.1, -0.05) is 6.07 Å². The summed E-state index contributed by atoms with van der Waals surface area (Å²) in [6, 6.07) is 3.44. The van der Waals surface area contributed by atoms with Crippen molar-refractivity contribution in [1.82, 2.24) is 0 Å². The number of nitrogens with two attached hydrogens (primary N) is 1. The maximum atomic E-state index is 12.4. The van der Waals surface area contributed by atoms with Gasteiger partial charge in [0.25, 0.3) is 0 Å². The maximum absolute atomic E-state index is 12.4. The number of rotatable bonds is 2. The van der Waals surface area contributed by atoms with E-state index in [9.17, 15) is 13.2 Å². The van der Waals surface area contributed by atoms with Crippen molar-refractivity contribution in [3.63, 3.8) is 0 Å². The second kappa shape index (κ2) is 4.37. The number of sulfone groups is 1. The zero-order valence-electron chi connectivity index (χ0n) is 10.4. The fourth-order valence-electron chi connectivity index (χ4n) is 2.25. The Hall–Kier alpha value is -1.40. The minimum absolute atomic E-state index is 0.139. The predicted molar refractivity (Wildman–Crippen MR) is 69.2 cm³/mol. The topological polar surface area (TPSA) is 89.3 Å². The molecule has 1 amide bonds. The van der Waals surface area contributed by atoms with E-state index in [0.29, 0.717) is 5.69 Å². The molecule has 0 bridgehead atoms. The second-order valence-corrected chi connectivity index (χ2v) is 6.65. The zero-order valence-corrected chi connectivity index (χ0v) is 11.2. The number of aryl methyl sites for hydroxylation is 2. The Bertz CT molecular complexity index is 608. The Labute approximate surface area is 106 Å². The summed E-state index contributed by atoms with van der Waals surface area (Å²) in [6.07, 6.45) is 0.139. The van der Waals surface area contributed by atoms with Crippen molar-refractivity contribution in [2.75, 3.05) is 11.9 Å². The minimum Gasteiger partial charge on any atom is -0.330 e. The first-order valence-electron chi connectivity index (χ1n) is 5.74. The van der Waals surface area contributed by atoms with Crippen LogP contribution in [0.15, 0.2) is 17.0 Å². The summed E-state index contributed by atoms with van der Waals surface area (Å²) in [4.78, 5) is 12.1. The number of anilines is 1. The van der Waals surface area contributed by atoms with Crippen LogP contribution in [-0.4, -0.2) is 26.1 Å². The summed E-state index contributed by atoms with van der Waals surface area (Å²) in [5.74, 6) is -0.486. The van der Waals surface area contributed by atoms with E-state index in [1.54, 1.807) is 13.0 Å². The molecule has 6 heteroatoms. The Balaban J connectivity index is 2.67. The molecule has 98 valence electrons. The molecule has 1 aliphatic heterocycles. The Kier molecular flexibility index (Phi) is 3.16. The van der Waals surface area contributed by atoms with Crippen LogP contribution in [0, 0.1) is 13.8 Å². The molecule has 2 rings (SSSR count). The third kappa shape index (κ3) is 1.91. The Morgan fingerprint density at radius 3 is 2.61 bits per heavy atom. The monoisotopic (exact) mass is 268 g/mol. The summed E-state index contributed by atoms with van der Waals surface area (Å²) in [7, 11) is -3.63. The molecule has 1 aromatic carbocycles. The lowest BCUT2D eigenvalue weighted by molar-refractivity contribution is -0.116. The van der Waals surface area contributed by atoms with Crippen LogP contribution in [0.2, 0.25) is 0 Å². The SMILES string of the molecule is Cc1cc(C)c2c(c1)S(=O)(=O)C(CCN)C(=O)N2. The van der Waals surface area contributed by atoms with Gasteiger partial charge in [-0.15, -0.1) is 0 Å². The van der Waals surface area contributed by atoms with Crippen molar-refractivity contribution in [3.8, 4) is 0 Å². The molecule has 0 radical (unpaired) electrons. The maximum Gasteiger partial charge on any atom is 0.243 e. The van der Waals surface area contributed by atoms with Gasteiger partial charge in [-0.25, -0.2) is 8.42 Å². The summed E-state index contributed by atoms with van der Waals surface area (Å²) in [6.45, 7) is 3.78. The molecular weight excluding hydrogens is 252 g/mol. The third-order valence-electron chi connectivity index (χ3n) is 3.09. The van der Waals surface area contributed by atoms with E-state index in [2.05, 4.69) is 5.32 Å². The van der Waals surface area contributed by atoms with Crippen molar-refractivity contribution >= 4 is 21.4 Å². The van der Waals surface area contributed by atoms with E-state index in [1.165, 1.54) is 0 Å². The van der Waals surface area contributed by atoms with Crippen LogP contribution in [0.4, 0.5) is 5.69 Å². The lowest BCUT2D eigenvalue weighted by Crippen LogP contribution is -2.41. The molecule has 0 aromatic heterocycles. The third-order valence-corrected chi connectivity index (χ3v) is 5.23. The molecule has 0 aliphatic carbocycles. The van der Waals surface area contributed by atoms with E-state index < -0.39 is 21.0 Å². The molecule has 18 heavy (non-hydrogen) atoms. The number of amides is 1. The smallest absolute Gasteiger partial charge is 0.243 e. The summed E-state index contributed by atoms with van der Waals surface area (Å²) in [5.41, 5.74) is 7.40. The highest BCUT2D eigenvalue weighted by molar-refractivity contribution is 7.93. The van der Waals surface area contributed by atoms with Crippen LogP contribution in [0.25, 0.3) is 0 Å². The van der Waals surface area contributed by atoms with Crippen LogP contribution in [0.3, 0.4) is 0 Å². The molecule has 3 N–H and O–H groups in total. The summed E-state index contributed by atoms with van der Waals surface area (Å²) >= 11 is 0. The van der Waals surface area contributed by atoms with Crippen LogP contribution in [0.1, 0.15) is 17.5 Å². The largest absolute Gasteiger partial charge is 0.330 e. The van der Waals surface area contributed by atoms with E-state index in [1.807, 2.05) is 13.0 Å². The van der Waals surface area contributed by atoms with E-state index >= 15 is 0 Å².